The smallest absolute Gasteiger partial charge is 0.255 e. The molecule has 1 N–H and O–H groups in total. The number of aldehydes is 1. The van der Waals surface area contributed by atoms with Crippen LogP contribution in [0.15, 0.2) is 12.1 Å². The van der Waals surface area contributed by atoms with E-state index in [1.165, 1.54) is 7.05 Å². The van der Waals surface area contributed by atoms with Crippen molar-refractivity contribution in [3.63, 3.8) is 0 Å². The molecule has 8 nitrogen and oxygen atoms in total. The monoisotopic (exact) mass is 413 g/mol. The molecule has 0 radical (unpaired) electrons. The van der Waals surface area contributed by atoms with Crippen LogP contribution in [0, 0.1) is 0 Å². The minimum Gasteiger partial charge on any atom is -0.492 e. The molecule has 8 heteroatoms. The average Bonchev–Trinajstić information content (AvgIpc) is 3.25. The Hall–Kier alpha value is -2.90. The lowest BCUT2D eigenvalue weighted by Gasteiger charge is -2.38. The van der Waals surface area contributed by atoms with E-state index in [2.05, 4.69) is 11.4 Å². The van der Waals surface area contributed by atoms with Crippen LogP contribution in [0.5, 0.6) is 5.75 Å². The zero-order chi connectivity index (χ0) is 21.5. The lowest BCUT2D eigenvalue weighted by molar-refractivity contribution is -0.130. The van der Waals surface area contributed by atoms with E-state index in [1.54, 1.807) is 17.9 Å². The van der Waals surface area contributed by atoms with Gasteiger partial charge in [-0.15, -0.1) is 0 Å². The van der Waals surface area contributed by atoms with Gasteiger partial charge >= 0.3 is 0 Å². The lowest BCUT2D eigenvalue weighted by Crippen LogP contribution is -2.46. The molecule has 1 aromatic carbocycles. The standard InChI is InChI=1S/C22H27N3O5/c1-14(27)24-7-5-22(6-8-24)13-30-19-11-16-15(10-17(19)22)12-25(21(16)29)18(4-3-9-26)20(28)23-2/h9-11,18H,3-8,12-13H2,1-2H3,(H,23,28). The first-order chi connectivity index (χ1) is 14.4. The van der Waals surface area contributed by atoms with Gasteiger partial charge in [0, 0.05) is 56.6 Å². The minimum atomic E-state index is -0.677. The van der Waals surface area contributed by atoms with Crippen LogP contribution in [0.3, 0.4) is 0 Å². The molecular formula is C22H27N3O5. The molecule has 1 atom stereocenters. The Labute approximate surface area is 175 Å². The Morgan fingerprint density at radius 3 is 2.67 bits per heavy atom. The molecule has 0 aliphatic carbocycles. The van der Waals surface area contributed by atoms with Crippen LogP contribution in [0.4, 0.5) is 0 Å². The number of carbonyl (C=O) groups is 4. The molecular weight excluding hydrogens is 386 g/mol. The molecule has 160 valence electrons. The van der Waals surface area contributed by atoms with Gasteiger partial charge in [0.25, 0.3) is 5.91 Å². The maximum atomic E-state index is 13.1. The summed E-state index contributed by atoms with van der Waals surface area (Å²) < 4.78 is 5.99. The number of ether oxygens (including phenoxy) is 1. The summed E-state index contributed by atoms with van der Waals surface area (Å²) in [5.74, 6) is 0.345. The summed E-state index contributed by atoms with van der Waals surface area (Å²) in [6.07, 6.45) is 2.94. The van der Waals surface area contributed by atoms with E-state index in [0.717, 1.165) is 36.0 Å². The average molecular weight is 413 g/mol. The molecule has 3 aliphatic heterocycles. The van der Waals surface area contributed by atoms with Crippen molar-refractivity contribution in [1.29, 1.82) is 0 Å². The number of rotatable bonds is 5. The third-order valence-corrected chi connectivity index (χ3v) is 6.76. The molecule has 3 amide bonds. The second-order valence-electron chi connectivity index (χ2n) is 8.39. The van der Waals surface area contributed by atoms with Gasteiger partial charge in [0.15, 0.2) is 0 Å². The van der Waals surface area contributed by atoms with Crippen LogP contribution in [-0.4, -0.2) is 66.6 Å². The van der Waals surface area contributed by atoms with Crippen molar-refractivity contribution in [2.75, 3.05) is 26.7 Å². The Balaban J connectivity index is 1.60. The number of likely N-dealkylation sites (tertiary alicyclic amines) is 1. The Bertz CT molecular complexity index is 904. The van der Waals surface area contributed by atoms with E-state index < -0.39 is 6.04 Å². The predicted molar refractivity (Wildman–Crippen MR) is 108 cm³/mol. The molecule has 1 spiro atoms. The fraction of sp³-hybridized carbons (Fsp3) is 0.545. The Morgan fingerprint density at radius 2 is 2.03 bits per heavy atom. The highest BCUT2D eigenvalue weighted by atomic mass is 16.5. The summed E-state index contributed by atoms with van der Waals surface area (Å²) in [5, 5.41) is 2.60. The molecule has 30 heavy (non-hydrogen) atoms. The molecule has 1 aromatic rings. The van der Waals surface area contributed by atoms with Gasteiger partial charge in [-0.05, 0) is 37.0 Å². The van der Waals surface area contributed by atoms with Crippen molar-refractivity contribution in [1.82, 2.24) is 15.1 Å². The second-order valence-corrected chi connectivity index (χ2v) is 8.39. The van der Waals surface area contributed by atoms with E-state index in [-0.39, 0.29) is 29.6 Å². The lowest BCUT2D eigenvalue weighted by atomic mass is 9.74. The van der Waals surface area contributed by atoms with Gasteiger partial charge in [-0.2, -0.15) is 0 Å². The number of fused-ring (bicyclic) bond motifs is 3. The van der Waals surface area contributed by atoms with Crippen molar-refractivity contribution in [2.45, 2.75) is 50.6 Å². The first-order valence-electron chi connectivity index (χ1n) is 10.4. The number of nitrogens with zero attached hydrogens (tertiary/aromatic N) is 2. The van der Waals surface area contributed by atoms with Gasteiger partial charge in [0.2, 0.25) is 11.8 Å². The maximum Gasteiger partial charge on any atom is 0.255 e. The summed E-state index contributed by atoms with van der Waals surface area (Å²) in [4.78, 5) is 51.4. The van der Waals surface area contributed by atoms with E-state index in [4.69, 9.17) is 4.74 Å². The minimum absolute atomic E-state index is 0.0924. The number of carbonyl (C=O) groups excluding carboxylic acids is 4. The highest BCUT2D eigenvalue weighted by Crippen LogP contribution is 2.47. The Kier molecular flexibility index (Phi) is 5.26. The van der Waals surface area contributed by atoms with Gasteiger partial charge < -0.3 is 24.6 Å². The number of nitrogens with one attached hydrogen (secondary N) is 1. The molecule has 0 aromatic heterocycles. The molecule has 3 aliphatic rings. The zero-order valence-electron chi connectivity index (χ0n) is 17.4. The first-order valence-corrected chi connectivity index (χ1v) is 10.4. The predicted octanol–water partition coefficient (Wildman–Crippen LogP) is 1.01. The molecule has 0 saturated carbocycles. The summed E-state index contributed by atoms with van der Waals surface area (Å²) >= 11 is 0. The largest absolute Gasteiger partial charge is 0.492 e. The molecule has 3 heterocycles. The fourth-order valence-corrected chi connectivity index (χ4v) is 4.93. The second kappa shape index (κ2) is 7.74. The van der Waals surface area contributed by atoms with Crippen molar-refractivity contribution in [3.8, 4) is 5.75 Å². The summed E-state index contributed by atoms with van der Waals surface area (Å²) in [6, 6.07) is 3.18. The third-order valence-electron chi connectivity index (χ3n) is 6.76. The van der Waals surface area contributed by atoms with Crippen molar-refractivity contribution < 1.29 is 23.9 Å². The summed E-state index contributed by atoms with van der Waals surface area (Å²) in [5.41, 5.74) is 2.41. The number of likely N-dealkylation sites (N-methyl/N-ethyl adjacent to an activating group) is 1. The number of hydrogen-bond acceptors (Lipinski definition) is 5. The molecule has 0 bridgehead atoms. The molecule has 4 rings (SSSR count). The van der Waals surface area contributed by atoms with Gasteiger partial charge in [-0.25, -0.2) is 0 Å². The molecule has 1 fully saturated rings. The van der Waals surface area contributed by atoms with Gasteiger partial charge in [0.1, 0.15) is 18.1 Å². The topological polar surface area (TPSA) is 96.0 Å². The van der Waals surface area contributed by atoms with Crippen molar-refractivity contribution in [3.05, 3.63) is 28.8 Å². The highest BCUT2D eigenvalue weighted by Gasteiger charge is 2.45. The normalized spacial score (nSPS) is 19.9. The number of piperidine rings is 1. The van der Waals surface area contributed by atoms with E-state index in [0.29, 0.717) is 38.2 Å². The summed E-state index contributed by atoms with van der Waals surface area (Å²) in [6.45, 7) is 3.90. The highest BCUT2D eigenvalue weighted by molar-refractivity contribution is 6.01. The first kappa shape index (κ1) is 20.4. The molecule has 1 unspecified atom stereocenters. The quantitative estimate of drug-likeness (QED) is 0.727. The van der Waals surface area contributed by atoms with Crippen molar-refractivity contribution in [2.24, 2.45) is 0 Å². The van der Waals surface area contributed by atoms with Crippen LogP contribution in [0.25, 0.3) is 0 Å². The van der Waals surface area contributed by atoms with Gasteiger partial charge in [0.05, 0.1) is 6.61 Å². The SMILES string of the molecule is CNC(=O)C(CCC=O)N1Cc2cc3c(cc2C1=O)OCC31CCN(C(C)=O)CC1. The Morgan fingerprint density at radius 1 is 1.30 bits per heavy atom. The van der Waals surface area contributed by atoms with Gasteiger partial charge in [-0.3, -0.25) is 14.4 Å². The third kappa shape index (κ3) is 3.24. The molecule has 1 saturated heterocycles. The fourth-order valence-electron chi connectivity index (χ4n) is 4.93. The van der Waals surface area contributed by atoms with Crippen LogP contribution >= 0.6 is 0 Å². The van der Waals surface area contributed by atoms with E-state index in [9.17, 15) is 19.2 Å². The number of benzene rings is 1. The van der Waals surface area contributed by atoms with Crippen LogP contribution in [0.2, 0.25) is 0 Å². The zero-order valence-corrected chi connectivity index (χ0v) is 17.4. The van der Waals surface area contributed by atoms with E-state index >= 15 is 0 Å². The number of hydrogen-bond donors (Lipinski definition) is 1. The van der Waals surface area contributed by atoms with Crippen LogP contribution in [0.1, 0.15) is 54.1 Å². The van der Waals surface area contributed by atoms with Crippen LogP contribution < -0.4 is 10.1 Å². The maximum absolute atomic E-state index is 13.1. The number of amides is 3. The van der Waals surface area contributed by atoms with Crippen LogP contribution in [-0.2, 0) is 26.3 Å². The summed E-state index contributed by atoms with van der Waals surface area (Å²) in [7, 11) is 1.53. The van der Waals surface area contributed by atoms with Gasteiger partial charge in [-0.1, -0.05) is 0 Å². The van der Waals surface area contributed by atoms with Crippen molar-refractivity contribution >= 4 is 24.0 Å². The van der Waals surface area contributed by atoms with E-state index in [1.807, 2.05) is 4.90 Å².